The molecule has 82 valence electrons. The Morgan fingerprint density at radius 1 is 1.06 bits per heavy atom. The molecule has 0 spiro atoms. The SMILES string of the molecule is [B]C(=O)C(Cc1ccccc1)[n+]1ccccc1. The van der Waals surface area contributed by atoms with Crippen LogP contribution in [0.4, 0.5) is 0 Å². The Morgan fingerprint density at radius 2 is 1.65 bits per heavy atom. The van der Waals surface area contributed by atoms with Crippen LogP contribution in [0.2, 0.25) is 0 Å². The van der Waals surface area contributed by atoms with Crippen LogP contribution in [-0.4, -0.2) is 13.5 Å². The lowest BCUT2D eigenvalue weighted by Crippen LogP contribution is -2.44. The Kier molecular flexibility index (Phi) is 3.71. The van der Waals surface area contributed by atoms with Crippen molar-refractivity contribution >= 4 is 13.5 Å². The highest BCUT2D eigenvalue weighted by molar-refractivity contribution is 6.58. The number of carbonyl (C=O) groups is 1. The topological polar surface area (TPSA) is 20.9 Å². The molecular weight excluding hydrogens is 209 g/mol. The average molecular weight is 222 g/mol. The quantitative estimate of drug-likeness (QED) is 0.566. The first-order valence-electron chi connectivity index (χ1n) is 5.56. The molecule has 0 fully saturated rings. The third-order valence-electron chi connectivity index (χ3n) is 2.70. The summed E-state index contributed by atoms with van der Waals surface area (Å²) in [6.07, 6.45) is 4.33. The summed E-state index contributed by atoms with van der Waals surface area (Å²) < 4.78 is 1.84. The molecule has 1 atom stereocenters. The maximum Gasteiger partial charge on any atom is 0.209 e. The van der Waals surface area contributed by atoms with E-state index in [4.69, 9.17) is 7.85 Å². The van der Waals surface area contributed by atoms with Gasteiger partial charge in [0.05, 0.1) is 0 Å². The maximum atomic E-state index is 11.5. The predicted molar refractivity (Wildman–Crippen MR) is 66.6 cm³/mol. The van der Waals surface area contributed by atoms with Crippen LogP contribution < -0.4 is 4.57 Å². The first kappa shape index (κ1) is 11.6. The molecule has 2 radical (unpaired) electrons. The van der Waals surface area contributed by atoms with Crippen LogP contribution in [0.25, 0.3) is 0 Å². The Hall–Kier alpha value is -1.90. The van der Waals surface area contributed by atoms with Crippen LogP contribution in [0, 0.1) is 0 Å². The lowest BCUT2D eigenvalue weighted by Gasteiger charge is -2.09. The summed E-state index contributed by atoms with van der Waals surface area (Å²) in [6, 6.07) is 15.2. The van der Waals surface area contributed by atoms with E-state index in [9.17, 15) is 4.79 Å². The molecular formula is C14H13BNO+. The van der Waals surface area contributed by atoms with Gasteiger partial charge in [-0.1, -0.05) is 36.4 Å². The van der Waals surface area contributed by atoms with Crippen molar-refractivity contribution in [2.75, 3.05) is 0 Å². The van der Waals surface area contributed by atoms with Crippen LogP contribution in [-0.2, 0) is 11.2 Å². The van der Waals surface area contributed by atoms with Crippen molar-refractivity contribution in [2.45, 2.75) is 12.5 Å². The van der Waals surface area contributed by atoms with Crippen molar-refractivity contribution < 1.29 is 9.36 Å². The van der Waals surface area contributed by atoms with Crippen LogP contribution >= 0.6 is 0 Å². The predicted octanol–water partition coefficient (Wildman–Crippen LogP) is 1.45. The van der Waals surface area contributed by atoms with E-state index in [1.165, 1.54) is 0 Å². The van der Waals surface area contributed by atoms with Gasteiger partial charge in [0.1, 0.15) is 5.68 Å². The molecule has 0 N–H and O–H groups in total. The second-order valence-corrected chi connectivity index (χ2v) is 3.93. The fraction of sp³-hybridized carbons (Fsp3) is 0.143. The smallest absolute Gasteiger partial charge is 0.209 e. The average Bonchev–Trinajstić information content (AvgIpc) is 2.38. The molecule has 2 rings (SSSR count). The van der Waals surface area contributed by atoms with E-state index in [-0.39, 0.29) is 11.7 Å². The van der Waals surface area contributed by atoms with Crippen LogP contribution in [0.15, 0.2) is 60.9 Å². The van der Waals surface area contributed by atoms with Crippen molar-refractivity contribution in [1.82, 2.24) is 0 Å². The third-order valence-corrected chi connectivity index (χ3v) is 2.70. The monoisotopic (exact) mass is 222 g/mol. The number of aromatic nitrogens is 1. The normalized spacial score (nSPS) is 12.0. The molecule has 3 heteroatoms. The van der Waals surface area contributed by atoms with Crippen LogP contribution in [0.3, 0.4) is 0 Å². The zero-order valence-corrected chi connectivity index (χ0v) is 9.49. The molecule has 1 heterocycles. The van der Waals surface area contributed by atoms with E-state index < -0.39 is 0 Å². The highest BCUT2D eigenvalue weighted by Gasteiger charge is 2.22. The van der Waals surface area contributed by atoms with Gasteiger partial charge in [-0.3, -0.25) is 0 Å². The Balaban J connectivity index is 2.23. The third kappa shape index (κ3) is 3.03. The van der Waals surface area contributed by atoms with Crippen molar-refractivity contribution in [3.63, 3.8) is 0 Å². The van der Waals surface area contributed by atoms with Gasteiger partial charge in [0, 0.05) is 18.6 Å². The van der Waals surface area contributed by atoms with Gasteiger partial charge in [-0.05, 0) is 5.56 Å². The van der Waals surface area contributed by atoms with Crippen LogP contribution in [0.1, 0.15) is 11.6 Å². The summed E-state index contributed by atoms with van der Waals surface area (Å²) in [4.78, 5) is 11.5. The minimum atomic E-state index is -0.335. The highest BCUT2D eigenvalue weighted by atomic mass is 16.1. The van der Waals surface area contributed by atoms with Crippen molar-refractivity contribution in [3.8, 4) is 0 Å². The Labute approximate surface area is 102 Å². The molecule has 0 aliphatic rings. The molecule has 2 aromatic rings. The molecule has 0 saturated heterocycles. The van der Waals surface area contributed by atoms with E-state index in [0.717, 1.165) is 5.56 Å². The summed E-state index contributed by atoms with van der Waals surface area (Å²) in [5, 5.41) is 0. The molecule has 0 aliphatic heterocycles. The minimum absolute atomic E-state index is 0.315. The fourth-order valence-electron chi connectivity index (χ4n) is 1.81. The molecule has 0 aliphatic carbocycles. The van der Waals surface area contributed by atoms with Gasteiger partial charge in [-0.15, -0.1) is 0 Å². The molecule has 0 amide bonds. The molecule has 1 aromatic carbocycles. The van der Waals surface area contributed by atoms with E-state index in [1.807, 2.05) is 65.5 Å². The highest BCUT2D eigenvalue weighted by Crippen LogP contribution is 2.08. The Bertz CT molecular complexity index is 484. The lowest BCUT2D eigenvalue weighted by molar-refractivity contribution is -0.708. The standard InChI is InChI=1S/C14H13BNO/c15-14(17)13(16-9-5-2-6-10-16)11-12-7-3-1-4-8-12/h1-10,13H,11H2/q+1. The molecule has 17 heavy (non-hydrogen) atoms. The Morgan fingerprint density at radius 3 is 2.24 bits per heavy atom. The fourth-order valence-corrected chi connectivity index (χ4v) is 1.81. The molecule has 2 nitrogen and oxygen atoms in total. The molecule has 0 saturated carbocycles. The van der Waals surface area contributed by atoms with Gasteiger partial charge >= 0.3 is 0 Å². The molecule has 1 aromatic heterocycles. The van der Waals surface area contributed by atoms with E-state index in [2.05, 4.69) is 0 Å². The summed E-state index contributed by atoms with van der Waals surface area (Å²) in [5.41, 5.74) is 0.790. The summed E-state index contributed by atoms with van der Waals surface area (Å²) in [5.74, 6) is 0. The number of hydrogen-bond acceptors (Lipinski definition) is 1. The summed E-state index contributed by atoms with van der Waals surface area (Å²) in [6.45, 7) is 0. The number of hydrogen-bond donors (Lipinski definition) is 0. The second-order valence-electron chi connectivity index (χ2n) is 3.93. The van der Waals surface area contributed by atoms with Crippen molar-refractivity contribution in [1.29, 1.82) is 0 Å². The van der Waals surface area contributed by atoms with Gasteiger partial charge in [0.2, 0.25) is 6.04 Å². The van der Waals surface area contributed by atoms with E-state index in [1.54, 1.807) is 0 Å². The number of benzene rings is 1. The summed E-state index contributed by atoms with van der Waals surface area (Å²) in [7, 11) is 5.46. The van der Waals surface area contributed by atoms with Crippen LogP contribution in [0.5, 0.6) is 0 Å². The second kappa shape index (κ2) is 5.44. The zero-order valence-electron chi connectivity index (χ0n) is 9.49. The number of pyridine rings is 1. The van der Waals surface area contributed by atoms with E-state index >= 15 is 0 Å². The first-order chi connectivity index (χ1) is 8.27. The lowest BCUT2D eigenvalue weighted by atomic mass is 9.90. The van der Waals surface area contributed by atoms with Gasteiger partial charge in [0.15, 0.2) is 20.2 Å². The van der Waals surface area contributed by atoms with Crippen molar-refractivity contribution in [3.05, 3.63) is 66.5 Å². The van der Waals surface area contributed by atoms with E-state index in [0.29, 0.717) is 6.42 Å². The molecule has 1 unspecified atom stereocenters. The number of nitrogens with zero attached hydrogens (tertiary/aromatic N) is 1. The largest absolute Gasteiger partial charge is 0.306 e. The maximum absolute atomic E-state index is 11.5. The molecule has 0 bridgehead atoms. The first-order valence-corrected chi connectivity index (χ1v) is 5.56. The van der Waals surface area contributed by atoms with Gasteiger partial charge in [-0.25, -0.2) is 0 Å². The van der Waals surface area contributed by atoms with Gasteiger partial charge in [0.25, 0.3) is 0 Å². The number of carbonyl (C=O) groups excluding carboxylic acids is 1. The minimum Gasteiger partial charge on any atom is -0.306 e. The summed E-state index contributed by atoms with van der Waals surface area (Å²) >= 11 is 0. The number of rotatable bonds is 4. The zero-order chi connectivity index (χ0) is 12.1. The van der Waals surface area contributed by atoms with Gasteiger partial charge in [-0.2, -0.15) is 4.57 Å². The van der Waals surface area contributed by atoms with Gasteiger partial charge < -0.3 is 4.79 Å². The van der Waals surface area contributed by atoms with Crippen molar-refractivity contribution in [2.24, 2.45) is 0 Å².